The summed E-state index contributed by atoms with van der Waals surface area (Å²) in [7, 11) is 2.01. The average molecular weight is 317 g/mol. The highest BCUT2D eigenvalue weighted by Gasteiger charge is 2.27. The number of carbonyl (C=O) groups is 1. The van der Waals surface area contributed by atoms with Crippen LogP contribution in [0, 0.1) is 17.8 Å². The molecule has 0 aromatic heterocycles. The zero-order valence-electron chi connectivity index (χ0n) is 13.8. The molecule has 0 aromatic rings. The molecule has 2 aliphatic rings. The minimum atomic E-state index is 0. The van der Waals surface area contributed by atoms with Crippen molar-refractivity contribution in [1.29, 1.82) is 0 Å². The largest absolute Gasteiger partial charge is 0.342 e. The molecule has 4 heteroatoms. The maximum atomic E-state index is 12.5. The lowest BCUT2D eigenvalue weighted by Crippen LogP contribution is -2.43. The zero-order valence-corrected chi connectivity index (χ0v) is 14.6. The summed E-state index contributed by atoms with van der Waals surface area (Å²) in [6.45, 7) is 5.29. The highest BCUT2D eigenvalue weighted by atomic mass is 35.5. The Morgan fingerprint density at radius 2 is 1.90 bits per heavy atom. The van der Waals surface area contributed by atoms with E-state index in [2.05, 4.69) is 17.1 Å². The summed E-state index contributed by atoms with van der Waals surface area (Å²) in [6.07, 6.45) is 10.0. The van der Waals surface area contributed by atoms with Gasteiger partial charge in [0.15, 0.2) is 0 Å². The van der Waals surface area contributed by atoms with Gasteiger partial charge in [0.25, 0.3) is 0 Å². The van der Waals surface area contributed by atoms with Crippen LogP contribution in [0.2, 0.25) is 0 Å². The summed E-state index contributed by atoms with van der Waals surface area (Å²) in [4.78, 5) is 14.6. The van der Waals surface area contributed by atoms with E-state index >= 15 is 0 Å². The molecule has 2 unspecified atom stereocenters. The van der Waals surface area contributed by atoms with Crippen LogP contribution in [0.15, 0.2) is 0 Å². The molecule has 124 valence electrons. The normalized spacial score (nSPS) is 25.2. The van der Waals surface area contributed by atoms with Gasteiger partial charge in [0.1, 0.15) is 0 Å². The van der Waals surface area contributed by atoms with Crippen molar-refractivity contribution in [3.63, 3.8) is 0 Å². The minimum Gasteiger partial charge on any atom is -0.342 e. The fraction of sp³-hybridized carbons (Fsp3) is 0.941. The Hall–Kier alpha value is -0.280. The molecule has 3 nitrogen and oxygen atoms in total. The molecule has 2 rings (SSSR count). The molecule has 2 atom stereocenters. The van der Waals surface area contributed by atoms with E-state index in [4.69, 9.17) is 0 Å². The molecule has 21 heavy (non-hydrogen) atoms. The Bertz CT molecular complexity index is 303. The molecule has 1 aliphatic heterocycles. The van der Waals surface area contributed by atoms with Crippen molar-refractivity contribution in [2.45, 2.75) is 58.3 Å². The van der Waals surface area contributed by atoms with Gasteiger partial charge in [-0.25, -0.2) is 0 Å². The fourth-order valence-electron chi connectivity index (χ4n) is 4.02. The number of nitrogens with zero attached hydrogens (tertiary/aromatic N) is 1. The van der Waals surface area contributed by atoms with E-state index in [1.54, 1.807) is 0 Å². The third kappa shape index (κ3) is 5.78. The standard InChI is InChI=1S/C17H32N2O.ClH/c1-14(16-8-4-3-5-9-16)11-17(20)19-10-6-7-15(13-19)12-18-2;/h14-16,18H,3-13H2,1-2H3;1H. The lowest BCUT2D eigenvalue weighted by molar-refractivity contribution is -0.134. The quantitative estimate of drug-likeness (QED) is 0.842. The number of rotatable bonds is 5. The van der Waals surface area contributed by atoms with Crippen molar-refractivity contribution < 1.29 is 4.79 Å². The number of nitrogens with one attached hydrogen (secondary N) is 1. The Morgan fingerprint density at radius 3 is 2.57 bits per heavy atom. The predicted octanol–water partition coefficient (Wildman–Crippen LogP) is 3.47. The van der Waals surface area contributed by atoms with Crippen molar-refractivity contribution in [3.8, 4) is 0 Å². The number of hydrogen-bond acceptors (Lipinski definition) is 2. The van der Waals surface area contributed by atoms with Crippen molar-refractivity contribution in [1.82, 2.24) is 10.2 Å². The van der Waals surface area contributed by atoms with Crippen LogP contribution in [0.4, 0.5) is 0 Å². The number of carbonyl (C=O) groups excluding carboxylic acids is 1. The van der Waals surface area contributed by atoms with E-state index in [-0.39, 0.29) is 12.4 Å². The van der Waals surface area contributed by atoms with Crippen LogP contribution in [0.25, 0.3) is 0 Å². The molecule has 0 aromatic carbocycles. The predicted molar refractivity (Wildman–Crippen MR) is 90.8 cm³/mol. The van der Waals surface area contributed by atoms with Gasteiger partial charge < -0.3 is 10.2 Å². The Kier molecular flexibility index (Phi) is 8.65. The number of amides is 1. The van der Waals surface area contributed by atoms with E-state index in [0.29, 0.717) is 17.7 Å². The van der Waals surface area contributed by atoms with Gasteiger partial charge in [0.05, 0.1) is 0 Å². The van der Waals surface area contributed by atoms with Gasteiger partial charge in [0.2, 0.25) is 5.91 Å². The Balaban J connectivity index is 0.00000220. The number of likely N-dealkylation sites (tertiary alicyclic amines) is 1. The van der Waals surface area contributed by atoms with Crippen LogP contribution >= 0.6 is 12.4 Å². The molecule has 0 bridgehead atoms. The second-order valence-electron chi connectivity index (χ2n) is 6.99. The van der Waals surface area contributed by atoms with Crippen molar-refractivity contribution in [3.05, 3.63) is 0 Å². The van der Waals surface area contributed by atoms with Gasteiger partial charge in [-0.15, -0.1) is 12.4 Å². The van der Waals surface area contributed by atoms with E-state index in [0.717, 1.165) is 32.0 Å². The maximum Gasteiger partial charge on any atom is 0.222 e. The second-order valence-corrected chi connectivity index (χ2v) is 6.99. The van der Waals surface area contributed by atoms with Gasteiger partial charge in [-0.3, -0.25) is 4.79 Å². The lowest BCUT2D eigenvalue weighted by Gasteiger charge is -2.34. The van der Waals surface area contributed by atoms with E-state index in [9.17, 15) is 4.79 Å². The Labute approximate surface area is 136 Å². The first-order chi connectivity index (χ1) is 9.70. The first kappa shape index (κ1) is 18.8. The topological polar surface area (TPSA) is 32.3 Å². The molecule has 0 radical (unpaired) electrons. The van der Waals surface area contributed by atoms with Crippen LogP contribution in [0.5, 0.6) is 0 Å². The van der Waals surface area contributed by atoms with Crippen molar-refractivity contribution in [2.75, 3.05) is 26.7 Å². The number of hydrogen-bond donors (Lipinski definition) is 1. The molecule has 1 heterocycles. The SMILES string of the molecule is CNCC1CCCN(C(=O)CC(C)C2CCCCC2)C1.Cl. The van der Waals surface area contributed by atoms with E-state index in [1.807, 2.05) is 7.05 Å². The highest BCUT2D eigenvalue weighted by molar-refractivity contribution is 5.85. The smallest absolute Gasteiger partial charge is 0.222 e. The van der Waals surface area contributed by atoms with Gasteiger partial charge in [-0.05, 0) is 44.2 Å². The maximum absolute atomic E-state index is 12.5. The van der Waals surface area contributed by atoms with Crippen LogP contribution < -0.4 is 5.32 Å². The van der Waals surface area contributed by atoms with Gasteiger partial charge in [-0.1, -0.05) is 39.0 Å². The Morgan fingerprint density at radius 1 is 1.19 bits per heavy atom. The molecule has 2 fully saturated rings. The summed E-state index contributed by atoms with van der Waals surface area (Å²) in [6, 6.07) is 0. The lowest BCUT2D eigenvalue weighted by atomic mass is 9.79. The highest BCUT2D eigenvalue weighted by Crippen LogP contribution is 2.32. The fourth-order valence-corrected chi connectivity index (χ4v) is 4.02. The van der Waals surface area contributed by atoms with Crippen molar-refractivity contribution in [2.24, 2.45) is 17.8 Å². The van der Waals surface area contributed by atoms with Gasteiger partial charge >= 0.3 is 0 Å². The van der Waals surface area contributed by atoms with Gasteiger partial charge in [-0.2, -0.15) is 0 Å². The zero-order chi connectivity index (χ0) is 14.4. The summed E-state index contributed by atoms with van der Waals surface area (Å²) in [5.41, 5.74) is 0. The molecule has 1 saturated carbocycles. The number of piperidine rings is 1. The van der Waals surface area contributed by atoms with E-state index < -0.39 is 0 Å². The molecule has 1 N–H and O–H groups in total. The van der Waals surface area contributed by atoms with Crippen LogP contribution in [0.1, 0.15) is 58.3 Å². The first-order valence-electron chi connectivity index (χ1n) is 8.63. The summed E-state index contributed by atoms with van der Waals surface area (Å²) in [5, 5.41) is 3.25. The van der Waals surface area contributed by atoms with Crippen LogP contribution in [-0.2, 0) is 4.79 Å². The summed E-state index contributed by atoms with van der Waals surface area (Å²) >= 11 is 0. The number of halogens is 1. The third-order valence-electron chi connectivity index (χ3n) is 5.32. The second kappa shape index (κ2) is 9.68. The van der Waals surface area contributed by atoms with Crippen molar-refractivity contribution >= 4 is 18.3 Å². The molecule has 1 saturated heterocycles. The first-order valence-corrected chi connectivity index (χ1v) is 8.63. The minimum absolute atomic E-state index is 0. The van der Waals surface area contributed by atoms with Gasteiger partial charge in [0, 0.05) is 19.5 Å². The van der Waals surface area contributed by atoms with Crippen LogP contribution in [0.3, 0.4) is 0 Å². The third-order valence-corrected chi connectivity index (χ3v) is 5.32. The molecular weight excluding hydrogens is 284 g/mol. The molecular formula is C17H33ClN2O. The average Bonchev–Trinajstić information content (AvgIpc) is 2.48. The van der Waals surface area contributed by atoms with Crippen LogP contribution in [-0.4, -0.2) is 37.5 Å². The summed E-state index contributed by atoms with van der Waals surface area (Å²) in [5.74, 6) is 2.43. The molecule has 0 spiro atoms. The molecule has 1 aliphatic carbocycles. The molecule has 1 amide bonds. The monoisotopic (exact) mass is 316 g/mol. The summed E-state index contributed by atoms with van der Waals surface area (Å²) < 4.78 is 0. The van der Waals surface area contributed by atoms with E-state index in [1.165, 1.54) is 44.9 Å².